The highest BCUT2D eigenvalue weighted by Gasteiger charge is 2.49. The molecule has 26 heavy (non-hydrogen) atoms. The number of rotatable bonds is 4. The average molecular weight is 351 g/mol. The molecule has 134 valence electrons. The number of nitrogens with one attached hydrogen (secondary N) is 1. The molecule has 1 N–H and O–H groups in total. The molecule has 6 heteroatoms. The molecule has 3 rings (SSSR count). The molecular formula is C20H21N3O3. The van der Waals surface area contributed by atoms with Crippen molar-refractivity contribution in [3.63, 3.8) is 0 Å². The van der Waals surface area contributed by atoms with Gasteiger partial charge in [0.2, 0.25) is 0 Å². The van der Waals surface area contributed by atoms with Crippen LogP contribution in [0.4, 0.5) is 4.79 Å². The average Bonchev–Trinajstić information content (AvgIpc) is 2.84. The Morgan fingerprint density at radius 3 is 2.42 bits per heavy atom. The van der Waals surface area contributed by atoms with Crippen LogP contribution in [0.15, 0.2) is 47.6 Å². The molecule has 0 aromatic heterocycles. The number of hydrogen-bond donors (Lipinski definition) is 1. The highest BCUT2D eigenvalue weighted by molar-refractivity contribution is 6.07. The Hall–Kier alpha value is -3.15. The number of hydrogen-bond acceptors (Lipinski definition) is 4. The molecular weight excluding hydrogens is 330 g/mol. The van der Waals surface area contributed by atoms with Crippen LogP contribution in [0.2, 0.25) is 0 Å². The van der Waals surface area contributed by atoms with Crippen LogP contribution in [0.5, 0.6) is 5.75 Å². The summed E-state index contributed by atoms with van der Waals surface area (Å²) in [7, 11) is 1.57. The number of hydrazone groups is 1. The number of benzene rings is 2. The molecule has 1 heterocycles. The van der Waals surface area contributed by atoms with E-state index < -0.39 is 17.5 Å². The zero-order valence-corrected chi connectivity index (χ0v) is 15.2. The minimum atomic E-state index is -1.16. The first-order valence-corrected chi connectivity index (χ1v) is 8.27. The van der Waals surface area contributed by atoms with Crippen molar-refractivity contribution in [2.45, 2.75) is 26.3 Å². The Bertz CT molecular complexity index is 890. The van der Waals surface area contributed by atoms with Crippen molar-refractivity contribution in [3.8, 4) is 5.75 Å². The zero-order valence-electron chi connectivity index (χ0n) is 15.2. The van der Waals surface area contributed by atoms with E-state index >= 15 is 0 Å². The number of nitrogens with zero attached hydrogens (tertiary/aromatic N) is 2. The highest BCUT2D eigenvalue weighted by atomic mass is 16.5. The summed E-state index contributed by atoms with van der Waals surface area (Å²) in [6, 6.07) is 12.4. The number of amides is 3. The maximum atomic E-state index is 12.9. The first kappa shape index (κ1) is 17.7. The Kier molecular flexibility index (Phi) is 4.50. The fourth-order valence-electron chi connectivity index (χ4n) is 2.94. The van der Waals surface area contributed by atoms with Gasteiger partial charge in [0.05, 0.1) is 13.3 Å². The van der Waals surface area contributed by atoms with Crippen LogP contribution in [0.25, 0.3) is 0 Å². The molecule has 2 aromatic carbocycles. The number of methoxy groups -OCH3 is 1. The van der Waals surface area contributed by atoms with Crippen molar-refractivity contribution in [2.24, 2.45) is 5.10 Å². The van der Waals surface area contributed by atoms with Crippen LogP contribution in [0.1, 0.15) is 29.2 Å². The quantitative estimate of drug-likeness (QED) is 0.680. The Labute approximate surface area is 152 Å². The Morgan fingerprint density at radius 2 is 1.81 bits per heavy atom. The lowest BCUT2D eigenvalue weighted by atomic mass is 9.92. The van der Waals surface area contributed by atoms with Crippen molar-refractivity contribution in [1.82, 2.24) is 10.3 Å². The molecule has 6 nitrogen and oxygen atoms in total. The number of aryl methyl sites for hydroxylation is 2. The van der Waals surface area contributed by atoms with E-state index in [0.29, 0.717) is 11.3 Å². The molecule has 0 spiro atoms. The fraction of sp³-hybridized carbons (Fsp3) is 0.250. The molecule has 1 atom stereocenters. The second-order valence-corrected chi connectivity index (χ2v) is 6.51. The normalized spacial score (nSPS) is 19.9. The van der Waals surface area contributed by atoms with Crippen LogP contribution in [-0.2, 0) is 10.3 Å². The van der Waals surface area contributed by atoms with Gasteiger partial charge in [-0.15, -0.1) is 5.01 Å². The first-order chi connectivity index (χ1) is 12.3. The van der Waals surface area contributed by atoms with Crippen molar-refractivity contribution < 1.29 is 14.3 Å². The molecule has 0 radical (unpaired) electrons. The number of urea groups is 1. The SMILES string of the molecule is COc1ccc([C@@]2(C)NC(=O)N(/N=C\c3ccc(C)cc3C)C2=O)cc1. The third kappa shape index (κ3) is 3.06. The summed E-state index contributed by atoms with van der Waals surface area (Å²) in [4.78, 5) is 25.2. The van der Waals surface area contributed by atoms with E-state index in [1.54, 1.807) is 38.3 Å². The molecule has 1 aliphatic rings. The van der Waals surface area contributed by atoms with Crippen LogP contribution in [0.3, 0.4) is 0 Å². The second kappa shape index (κ2) is 6.63. The summed E-state index contributed by atoms with van der Waals surface area (Å²) < 4.78 is 5.13. The van der Waals surface area contributed by atoms with E-state index in [1.165, 1.54) is 6.21 Å². The van der Waals surface area contributed by atoms with E-state index in [1.807, 2.05) is 32.0 Å². The monoisotopic (exact) mass is 351 g/mol. The van der Waals surface area contributed by atoms with E-state index in [9.17, 15) is 9.59 Å². The van der Waals surface area contributed by atoms with Crippen LogP contribution >= 0.6 is 0 Å². The number of imide groups is 1. The smallest absolute Gasteiger partial charge is 0.346 e. The highest BCUT2D eigenvalue weighted by Crippen LogP contribution is 2.30. The van der Waals surface area contributed by atoms with Crippen LogP contribution in [0, 0.1) is 13.8 Å². The summed E-state index contributed by atoms with van der Waals surface area (Å²) in [5.41, 5.74) is 2.53. The van der Waals surface area contributed by atoms with Gasteiger partial charge in [-0.25, -0.2) is 4.79 Å². The molecule has 1 fully saturated rings. The third-order valence-electron chi connectivity index (χ3n) is 4.57. The van der Waals surface area contributed by atoms with Gasteiger partial charge < -0.3 is 10.1 Å². The van der Waals surface area contributed by atoms with Crippen LogP contribution < -0.4 is 10.1 Å². The maximum absolute atomic E-state index is 12.9. The molecule has 0 saturated carbocycles. The fourth-order valence-corrected chi connectivity index (χ4v) is 2.94. The Balaban J connectivity index is 1.87. The predicted octanol–water partition coefficient (Wildman–Crippen LogP) is 3.11. The molecule has 0 bridgehead atoms. The molecule has 3 amide bonds. The van der Waals surface area contributed by atoms with Gasteiger partial charge in [-0.05, 0) is 49.6 Å². The van der Waals surface area contributed by atoms with Gasteiger partial charge in [0.1, 0.15) is 11.3 Å². The summed E-state index contributed by atoms with van der Waals surface area (Å²) >= 11 is 0. The largest absolute Gasteiger partial charge is 0.497 e. The van der Waals surface area contributed by atoms with Crippen molar-refractivity contribution in [1.29, 1.82) is 0 Å². The predicted molar refractivity (Wildman–Crippen MR) is 99.2 cm³/mol. The molecule has 2 aromatic rings. The summed E-state index contributed by atoms with van der Waals surface area (Å²) in [5, 5.41) is 7.73. The first-order valence-electron chi connectivity index (χ1n) is 8.27. The van der Waals surface area contributed by atoms with E-state index in [4.69, 9.17) is 4.74 Å². The van der Waals surface area contributed by atoms with E-state index in [2.05, 4.69) is 10.4 Å². The van der Waals surface area contributed by atoms with Gasteiger partial charge in [0.25, 0.3) is 5.91 Å². The third-order valence-corrected chi connectivity index (χ3v) is 4.57. The number of ether oxygens (including phenoxy) is 1. The minimum absolute atomic E-state index is 0.423. The van der Waals surface area contributed by atoms with E-state index in [0.717, 1.165) is 21.7 Å². The summed E-state index contributed by atoms with van der Waals surface area (Å²) in [6.45, 7) is 5.63. The lowest BCUT2D eigenvalue weighted by molar-refractivity contribution is -0.131. The standard InChI is InChI=1S/C20H21N3O3/c1-13-5-6-15(14(2)11-13)12-21-23-18(24)20(3,22-19(23)25)16-7-9-17(26-4)10-8-16/h5-12H,1-4H3,(H,22,25)/b21-12-/t20-/m1/s1. The van der Waals surface area contributed by atoms with Gasteiger partial charge in [-0.2, -0.15) is 5.10 Å². The van der Waals surface area contributed by atoms with Gasteiger partial charge in [-0.3, -0.25) is 4.79 Å². The lowest BCUT2D eigenvalue weighted by Gasteiger charge is -2.21. The number of carbonyl (C=O) groups excluding carboxylic acids is 2. The topological polar surface area (TPSA) is 71.0 Å². The maximum Gasteiger partial charge on any atom is 0.346 e. The second-order valence-electron chi connectivity index (χ2n) is 6.51. The van der Waals surface area contributed by atoms with Crippen molar-refractivity contribution >= 4 is 18.2 Å². The molecule has 0 unspecified atom stereocenters. The van der Waals surface area contributed by atoms with Gasteiger partial charge in [-0.1, -0.05) is 35.9 Å². The van der Waals surface area contributed by atoms with E-state index in [-0.39, 0.29) is 0 Å². The van der Waals surface area contributed by atoms with Gasteiger partial charge >= 0.3 is 6.03 Å². The molecule has 0 aliphatic carbocycles. The van der Waals surface area contributed by atoms with Crippen molar-refractivity contribution in [2.75, 3.05) is 7.11 Å². The molecule has 1 aliphatic heterocycles. The summed E-state index contributed by atoms with van der Waals surface area (Å²) in [5.74, 6) is 0.257. The Morgan fingerprint density at radius 1 is 1.12 bits per heavy atom. The van der Waals surface area contributed by atoms with Gasteiger partial charge in [0.15, 0.2) is 0 Å². The van der Waals surface area contributed by atoms with Gasteiger partial charge in [0, 0.05) is 0 Å². The number of carbonyl (C=O) groups is 2. The molecule has 1 saturated heterocycles. The lowest BCUT2D eigenvalue weighted by Crippen LogP contribution is -2.40. The van der Waals surface area contributed by atoms with Crippen molar-refractivity contribution in [3.05, 3.63) is 64.7 Å². The summed E-state index contributed by atoms with van der Waals surface area (Å²) in [6.07, 6.45) is 1.53. The zero-order chi connectivity index (χ0) is 18.9. The minimum Gasteiger partial charge on any atom is -0.497 e. The van der Waals surface area contributed by atoms with Crippen LogP contribution in [-0.4, -0.2) is 30.3 Å².